The molecule has 5 nitrogen and oxygen atoms in total. The van der Waals surface area contributed by atoms with Crippen LogP contribution in [0.4, 0.5) is 0 Å². The number of thioether (sulfide) groups is 1. The maximum absolute atomic E-state index is 10.6. The van der Waals surface area contributed by atoms with E-state index in [1.54, 1.807) is 19.2 Å². The average Bonchev–Trinajstić information content (AvgIpc) is 2.42. The summed E-state index contributed by atoms with van der Waals surface area (Å²) in [6.07, 6.45) is -0.503. The van der Waals surface area contributed by atoms with Crippen LogP contribution in [-0.2, 0) is 20.7 Å². The molecule has 0 spiro atoms. The molecule has 1 unspecified atom stereocenters. The lowest BCUT2D eigenvalue weighted by atomic mass is 10.2. The number of ether oxygens (including phenoxy) is 2. The Balaban J connectivity index is 2.25. The van der Waals surface area contributed by atoms with Crippen molar-refractivity contribution in [1.29, 1.82) is 0 Å². The van der Waals surface area contributed by atoms with E-state index in [2.05, 4.69) is 0 Å². The number of hydrogen-bond donors (Lipinski definition) is 2. The third kappa shape index (κ3) is 7.49. The van der Waals surface area contributed by atoms with E-state index >= 15 is 0 Å². The molecule has 0 aliphatic rings. The number of carboxylic acid groups (broad SMARTS) is 1. The molecule has 6 heteroatoms. The van der Waals surface area contributed by atoms with Gasteiger partial charge in [0.25, 0.3) is 0 Å². The van der Waals surface area contributed by atoms with E-state index < -0.39 is 12.1 Å². The van der Waals surface area contributed by atoms with Gasteiger partial charge in [-0.15, -0.1) is 11.8 Å². The van der Waals surface area contributed by atoms with E-state index in [0.29, 0.717) is 19.0 Å². The molecule has 0 heterocycles. The number of aliphatic hydroxyl groups excluding tert-OH is 1. The van der Waals surface area contributed by atoms with Crippen LogP contribution in [0.2, 0.25) is 0 Å². The van der Waals surface area contributed by atoms with Crippen LogP contribution in [0, 0.1) is 0 Å². The van der Waals surface area contributed by atoms with Crippen molar-refractivity contribution in [3.8, 4) is 0 Å². The molecular weight excluding hydrogens is 280 g/mol. The van der Waals surface area contributed by atoms with Crippen LogP contribution in [-0.4, -0.2) is 55.0 Å². The largest absolute Gasteiger partial charge is 0.481 e. The summed E-state index contributed by atoms with van der Waals surface area (Å²) in [5, 5.41) is 18.4. The molecule has 0 amide bonds. The lowest BCUT2D eigenvalue weighted by molar-refractivity contribution is -0.136. The highest BCUT2D eigenvalue weighted by Crippen LogP contribution is 2.19. The first-order valence-electron chi connectivity index (χ1n) is 6.30. The van der Waals surface area contributed by atoms with Gasteiger partial charge in [0.05, 0.1) is 32.3 Å². The van der Waals surface area contributed by atoms with Crippen molar-refractivity contribution < 1.29 is 24.5 Å². The van der Waals surface area contributed by atoms with E-state index in [-0.39, 0.29) is 13.0 Å². The first-order chi connectivity index (χ1) is 9.61. The summed E-state index contributed by atoms with van der Waals surface area (Å²) in [5.74, 6) is -0.306. The summed E-state index contributed by atoms with van der Waals surface area (Å²) < 4.78 is 10.1. The number of rotatable bonds is 10. The van der Waals surface area contributed by atoms with E-state index in [9.17, 15) is 9.90 Å². The van der Waals surface area contributed by atoms with Crippen molar-refractivity contribution in [2.45, 2.75) is 17.4 Å². The Kier molecular flexibility index (Phi) is 8.29. The van der Waals surface area contributed by atoms with Gasteiger partial charge in [0.1, 0.15) is 0 Å². The van der Waals surface area contributed by atoms with Gasteiger partial charge in [0.15, 0.2) is 0 Å². The SMILES string of the molecule is COCCOCC(O)CSc1ccc(CC(=O)O)cc1. The van der Waals surface area contributed by atoms with Crippen LogP contribution in [0.15, 0.2) is 29.2 Å². The molecule has 1 aromatic carbocycles. The maximum atomic E-state index is 10.6. The normalized spacial score (nSPS) is 12.3. The Labute approximate surface area is 122 Å². The minimum Gasteiger partial charge on any atom is -0.481 e. The van der Waals surface area contributed by atoms with Gasteiger partial charge in [-0.3, -0.25) is 4.79 Å². The minimum atomic E-state index is -0.839. The van der Waals surface area contributed by atoms with Crippen molar-refractivity contribution in [2.75, 3.05) is 32.7 Å². The molecule has 1 aromatic rings. The van der Waals surface area contributed by atoms with Crippen LogP contribution >= 0.6 is 11.8 Å². The van der Waals surface area contributed by atoms with Gasteiger partial charge in [-0.05, 0) is 17.7 Å². The fourth-order valence-corrected chi connectivity index (χ4v) is 2.29. The smallest absolute Gasteiger partial charge is 0.307 e. The summed E-state index contributed by atoms with van der Waals surface area (Å²) in [6, 6.07) is 7.30. The number of hydrogen-bond acceptors (Lipinski definition) is 5. The third-order valence-electron chi connectivity index (χ3n) is 2.46. The van der Waals surface area contributed by atoms with Crippen LogP contribution in [0.1, 0.15) is 5.56 Å². The highest BCUT2D eigenvalue weighted by molar-refractivity contribution is 7.99. The molecule has 0 aliphatic heterocycles. The second kappa shape index (κ2) is 9.77. The van der Waals surface area contributed by atoms with Crippen molar-refractivity contribution in [3.63, 3.8) is 0 Å². The lowest BCUT2D eigenvalue weighted by Crippen LogP contribution is -2.19. The number of carboxylic acids is 1. The Morgan fingerprint density at radius 1 is 1.30 bits per heavy atom. The average molecular weight is 300 g/mol. The molecular formula is C14H20O5S. The molecule has 1 rings (SSSR count). The molecule has 0 aliphatic carbocycles. The van der Waals surface area contributed by atoms with Crippen molar-refractivity contribution in [1.82, 2.24) is 0 Å². The Bertz CT molecular complexity index is 393. The molecule has 0 saturated heterocycles. The predicted octanol–water partition coefficient (Wildman–Crippen LogP) is 1.43. The maximum Gasteiger partial charge on any atom is 0.307 e. The van der Waals surface area contributed by atoms with E-state index in [1.807, 2.05) is 12.1 Å². The van der Waals surface area contributed by atoms with Gasteiger partial charge >= 0.3 is 5.97 Å². The van der Waals surface area contributed by atoms with Gasteiger partial charge in [-0.2, -0.15) is 0 Å². The molecule has 2 N–H and O–H groups in total. The first kappa shape index (κ1) is 17.0. The number of benzene rings is 1. The fraction of sp³-hybridized carbons (Fsp3) is 0.500. The Morgan fingerprint density at radius 3 is 2.60 bits per heavy atom. The fourth-order valence-electron chi connectivity index (χ4n) is 1.48. The Hall–Kier alpha value is -1.08. The zero-order valence-electron chi connectivity index (χ0n) is 11.4. The minimum absolute atomic E-state index is 0.0287. The van der Waals surface area contributed by atoms with Crippen LogP contribution in [0.5, 0.6) is 0 Å². The van der Waals surface area contributed by atoms with Gasteiger partial charge in [0, 0.05) is 17.8 Å². The number of carbonyl (C=O) groups is 1. The van der Waals surface area contributed by atoms with Crippen molar-refractivity contribution >= 4 is 17.7 Å². The highest BCUT2D eigenvalue weighted by atomic mass is 32.2. The quantitative estimate of drug-likeness (QED) is 0.503. The molecule has 0 aromatic heterocycles. The van der Waals surface area contributed by atoms with Gasteiger partial charge in [-0.25, -0.2) is 0 Å². The Morgan fingerprint density at radius 2 is 2.00 bits per heavy atom. The monoisotopic (exact) mass is 300 g/mol. The molecule has 0 bridgehead atoms. The lowest BCUT2D eigenvalue weighted by Gasteiger charge is -2.11. The topological polar surface area (TPSA) is 76.0 Å². The molecule has 0 fully saturated rings. The molecule has 0 saturated carbocycles. The van der Waals surface area contributed by atoms with Gasteiger partial charge < -0.3 is 19.7 Å². The summed E-state index contributed by atoms with van der Waals surface area (Å²) >= 11 is 1.51. The van der Waals surface area contributed by atoms with E-state index in [4.69, 9.17) is 14.6 Å². The second-order valence-corrected chi connectivity index (χ2v) is 5.34. The standard InChI is InChI=1S/C14H20O5S/c1-18-6-7-19-9-12(15)10-20-13-4-2-11(3-5-13)8-14(16)17/h2-5,12,15H,6-10H2,1H3,(H,16,17). The molecule has 1 atom stereocenters. The summed E-state index contributed by atoms with van der Waals surface area (Å²) in [4.78, 5) is 11.5. The summed E-state index contributed by atoms with van der Waals surface area (Å²) in [6.45, 7) is 1.28. The number of methoxy groups -OCH3 is 1. The van der Waals surface area contributed by atoms with Crippen LogP contribution in [0.3, 0.4) is 0 Å². The predicted molar refractivity (Wildman–Crippen MR) is 77.2 cm³/mol. The zero-order chi connectivity index (χ0) is 14.8. The number of aliphatic carboxylic acids is 1. The van der Waals surface area contributed by atoms with E-state index in [0.717, 1.165) is 10.5 Å². The van der Waals surface area contributed by atoms with E-state index in [1.165, 1.54) is 11.8 Å². The van der Waals surface area contributed by atoms with Crippen LogP contribution < -0.4 is 0 Å². The van der Waals surface area contributed by atoms with Crippen molar-refractivity contribution in [2.24, 2.45) is 0 Å². The molecule has 20 heavy (non-hydrogen) atoms. The van der Waals surface area contributed by atoms with Gasteiger partial charge in [0.2, 0.25) is 0 Å². The highest BCUT2D eigenvalue weighted by Gasteiger charge is 2.06. The molecule has 112 valence electrons. The third-order valence-corrected chi connectivity index (χ3v) is 3.62. The first-order valence-corrected chi connectivity index (χ1v) is 7.28. The van der Waals surface area contributed by atoms with Crippen molar-refractivity contribution in [3.05, 3.63) is 29.8 Å². The van der Waals surface area contributed by atoms with Gasteiger partial charge in [-0.1, -0.05) is 12.1 Å². The molecule has 0 radical (unpaired) electrons. The summed E-state index contributed by atoms with van der Waals surface area (Å²) in [5.41, 5.74) is 0.769. The number of aliphatic hydroxyl groups is 1. The second-order valence-electron chi connectivity index (χ2n) is 4.25. The van der Waals surface area contributed by atoms with Crippen LogP contribution in [0.25, 0.3) is 0 Å². The summed E-state index contributed by atoms with van der Waals surface area (Å²) in [7, 11) is 1.60. The zero-order valence-corrected chi connectivity index (χ0v) is 12.3.